The standard InChI is InChI=1S/C17H25N3/c1-4-19-17(3,13-18)10-7-11-20-14(2)12-15-8-5-6-9-16(15)20/h5-6,8-9,14,19H,4,7,10-12H2,1-3H3. The second-order valence-electron chi connectivity index (χ2n) is 5.95. The van der Waals surface area contributed by atoms with E-state index in [-0.39, 0.29) is 0 Å². The van der Waals surface area contributed by atoms with Crippen molar-refractivity contribution in [2.24, 2.45) is 0 Å². The lowest BCUT2D eigenvalue weighted by Gasteiger charge is -2.28. The normalized spacial score (nSPS) is 20.3. The Labute approximate surface area is 122 Å². The zero-order chi connectivity index (χ0) is 14.6. The molecule has 2 rings (SSSR count). The molecule has 3 nitrogen and oxygen atoms in total. The van der Waals surface area contributed by atoms with E-state index in [1.54, 1.807) is 0 Å². The average Bonchev–Trinajstić information content (AvgIpc) is 2.75. The maximum atomic E-state index is 9.29. The molecule has 0 radical (unpaired) electrons. The van der Waals surface area contributed by atoms with Gasteiger partial charge in [-0.2, -0.15) is 5.26 Å². The molecule has 1 aliphatic heterocycles. The predicted molar refractivity (Wildman–Crippen MR) is 83.9 cm³/mol. The first kappa shape index (κ1) is 14.9. The topological polar surface area (TPSA) is 39.1 Å². The Morgan fingerprint density at radius 3 is 2.90 bits per heavy atom. The van der Waals surface area contributed by atoms with Crippen LogP contribution >= 0.6 is 0 Å². The van der Waals surface area contributed by atoms with Gasteiger partial charge in [0, 0.05) is 18.3 Å². The number of anilines is 1. The Morgan fingerprint density at radius 2 is 2.20 bits per heavy atom. The Morgan fingerprint density at radius 1 is 1.45 bits per heavy atom. The number of fused-ring (bicyclic) bond motifs is 1. The summed E-state index contributed by atoms with van der Waals surface area (Å²) in [7, 11) is 0. The highest BCUT2D eigenvalue weighted by atomic mass is 15.2. The molecule has 1 aromatic rings. The van der Waals surface area contributed by atoms with Gasteiger partial charge < -0.3 is 4.90 Å². The molecule has 0 spiro atoms. The van der Waals surface area contributed by atoms with Gasteiger partial charge in [-0.05, 0) is 51.3 Å². The average molecular weight is 271 g/mol. The van der Waals surface area contributed by atoms with E-state index >= 15 is 0 Å². The summed E-state index contributed by atoms with van der Waals surface area (Å²) in [5.41, 5.74) is 2.44. The second-order valence-corrected chi connectivity index (χ2v) is 5.95. The summed E-state index contributed by atoms with van der Waals surface area (Å²) in [5.74, 6) is 0. The molecule has 20 heavy (non-hydrogen) atoms. The van der Waals surface area contributed by atoms with Gasteiger partial charge in [0.15, 0.2) is 0 Å². The molecule has 0 fully saturated rings. The number of hydrogen-bond acceptors (Lipinski definition) is 3. The summed E-state index contributed by atoms with van der Waals surface area (Å²) in [6.07, 6.45) is 3.07. The summed E-state index contributed by atoms with van der Waals surface area (Å²) < 4.78 is 0. The van der Waals surface area contributed by atoms with Crippen molar-refractivity contribution < 1.29 is 0 Å². The molecule has 3 heteroatoms. The maximum absolute atomic E-state index is 9.29. The fourth-order valence-electron chi connectivity index (χ4n) is 3.15. The van der Waals surface area contributed by atoms with Crippen molar-refractivity contribution in [2.75, 3.05) is 18.0 Å². The zero-order valence-electron chi connectivity index (χ0n) is 12.8. The molecular weight excluding hydrogens is 246 g/mol. The van der Waals surface area contributed by atoms with Crippen molar-refractivity contribution in [2.45, 2.75) is 51.6 Å². The van der Waals surface area contributed by atoms with E-state index in [2.05, 4.69) is 47.5 Å². The van der Waals surface area contributed by atoms with Crippen LogP contribution in [0.2, 0.25) is 0 Å². The zero-order valence-corrected chi connectivity index (χ0v) is 12.8. The first-order valence-electron chi connectivity index (χ1n) is 7.60. The molecule has 1 heterocycles. The molecule has 0 amide bonds. The third-order valence-corrected chi connectivity index (χ3v) is 4.24. The van der Waals surface area contributed by atoms with Crippen LogP contribution in [-0.2, 0) is 6.42 Å². The predicted octanol–water partition coefficient (Wildman–Crippen LogP) is 3.11. The Hall–Kier alpha value is -1.53. The lowest BCUT2D eigenvalue weighted by atomic mass is 9.97. The summed E-state index contributed by atoms with van der Waals surface area (Å²) in [6, 6.07) is 11.6. The second kappa shape index (κ2) is 6.28. The van der Waals surface area contributed by atoms with Crippen molar-refractivity contribution in [3.8, 4) is 6.07 Å². The molecule has 0 aliphatic carbocycles. The highest BCUT2D eigenvalue weighted by Gasteiger charge is 2.27. The quantitative estimate of drug-likeness (QED) is 0.864. The molecule has 0 bridgehead atoms. The van der Waals surface area contributed by atoms with Crippen LogP contribution in [0.3, 0.4) is 0 Å². The Balaban J connectivity index is 1.93. The van der Waals surface area contributed by atoms with Crippen molar-refractivity contribution in [3.63, 3.8) is 0 Å². The van der Waals surface area contributed by atoms with Crippen molar-refractivity contribution in [3.05, 3.63) is 29.8 Å². The van der Waals surface area contributed by atoms with Gasteiger partial charge in [0.05, 0.1) is 6.07 Å². The molecule has 108 valence electrons. The smallest absolute Gasteiger partial charge is 0.103 e. The van der Waals surface area contributed by atoms with Crippen molar-refractivity contribution >= 4 is 5.69 Å². The van der Waals surface area contributed by atoms with E-state index < -0.39 is 5.54 Å². The minimum Gasteiger partial charge on any atom is -0.368 e. The van der Waals surface area contributed by atoms with Crippen LogP contribution in [-0.4, -0.2) is 24.7 Å². The Bertz CT molecular complexity index is 491. The maximum Gasteiger partial charge on any atom is 0.103 e. The largest absolute Gasteiger partial charge is 0.368 e. The SMILES string of the molecule is CCNC(C)(C#N)CCCN1c2ccccc2CC1C. The molecule has 1 N–H and O–H groups in total. The van der Waals surface area contributed by atoms with Crippen molar-refractivity contribution in [1.29, 1.82) is 5.26 Å². The van der Waals surface area contributed by atoms with Crippen LogP contribution in [0.25, 0.3) is 0 Å². The fourth-order valence-corrected chi connectivity index (χ4v) is 3.15. The van der Waals surface area contributed by atoms with Crippen molar-refractivity contribution in [1.82, 2.24) is 5.32 Å². The van der Waals surface area contributed by atoms with E-state index in [0.717, 1.165) is 32.4 Å². The molecule has 0 saturated carbocycles. The first-order chi connectivity index (χ1) is 9.59. The third kappa shape index (κ3) is 3.13. The van der Waals surface area contributed by atoms with Crippen LogP contribution in [0.1, 0.15) is 39.2 Å². The van der Waals surface area contributed by atoms with Gasteiger partial charge in [-0.15, -0.1) is 0 Å². The number of para-hydroxylation sites is 1. The molecule has 0 saturated heterocycles. The van der Waals surface area contributed by atoms with Gasteiger partial charge in [-0.25, -0.2) is 0 Å². The minimum atomic E-state index is -0.392. The van der Waals surface area contributed by atoms with Crippen LogP contribution in [0.4, 0.5) is 5.69 Å². The number of nitrogens with zero attached hydrogens (tertiary/aromatic N) is 2. The molecule has 2 unspecified atom stereocenters. The lowest BCUT2D eigenvalue weighted by Crippen LogP contribution is -2.41. The van der Waals surface area contributed by atoms with E-state index in [1.807, 2.05) is 13.8 Å². The van der Waals surface area contributed by atoms with Gasteiger partial charge in [-0.3, -0.25) is 5.32 Å². The van der Waals surface area contributed by atoms with Gasteiger partial charge in [0.1, 0.15) is 5.54 Å². The van der Waals surface area contributed by atoms with Crippen LogP contribution in [0.15, 0.2) is 24.3 Å². The van der Waals surface area contributed by atoms with Gasteiger partial charge in [-0.1, -0.05) is 25.1 Å². The lowest BCUT2D eigenvalue weighted by molar-refractivity contribution is 0.415. The molecular formula is C17H25N3. The minimum absolute atomic E-state index is 0.392. The molecule has 0 aromatic heterocycles. The number of hydrogen-bond donors (Lipinski definition) is 1. The van der Waals surface area contributed by atoms with E-state index in [9.17, 15) is 5.26 Å². The summed E-state index contributed by atoms with van der Waals surface area (Å²) in [6.45, 7) is 8.20. The first-order valence-corrected chi connectivity index (χ1v) is 7.60. The van der Waals surface area contributed by atoms with Crippen LogP contribution in [0.5, 0.6) is 0 Å². The highest BCUT2D eigenvalue weighted by Crippen LogP contribution is 2.32. The Kier molecular flexibility index (Phi) is 4.67. The van der Waals surface area contributed by atoms with Gasteiger partial charge in [0.25, 0.3) is 0 Å². The highest BCUT2D eigenvalue weighted by molar-refractivity contribution is 5.59. The van der Waals surface area contributed by atoms with Crippen LogP contribution < -0.4 is 10.2 Å². The van der Waals surface area contributed by atoms with Gasteiger partial charge in [0.2, 0.25) is 0 Å². The summed E-state index contributed by atoms with van der Waals surface area (Å²) >= 11 is 0. The molecule has 1 aromatic carbocycles. The van der Waals surface area contributed by atoms with E-state index in [1.165, 1.54) is 11.3 Å². The number of nitriles is 1. The monoisotopic (exact) mass is 271 g/mol. The molecule has 2 atom stereocenters. The summed E-state index contributed by atoms with van der Waals surface area (Å²) in [4.78, 5) is 2.49. The fraction of sp³-hybridized carbons (Fsp3) is 0.588. The van der Waals surface area contributed by atoms with E-state index in [0.29, 0.717) is 6.04 Å². The number of rotatable bonds is 6. The summed E-state index contributed by atoms with van der Waals surface area (Å²) in [5, 5.41) is 12.6. The third-order valence-electron chi connectivity index (χ3n) is 4.24. The number of benzene rings is 1. The molecule has 1 aliphatic rings. The van der Waals surface area contributed by atoms with Crippen LogP contribution in [0, 0.1) is 11.3 Å². The van der Waals surface area contributed by atoms with Gasteiger partial charge >= 0.3 is 0 Å². The number of nitrogens with one attached hydrogen (secondary N) is 1. The van der Waals surface area contributed by atoms with E-state index in [4.69, 9.17) is 0 Å².